The normalized spacial score (nSPS) is 11.4. The number of aromatic nitrogens is 1. The van der Waals surface area contributed by atoms with E-state index in [-0.39, 0.29) is 21.8 Å². The number of phenolic OH excluding ortho intramolecular Hbond substituents is 7. The highest BCUT2D eigenvalue weighted by Crippen LogP contribution is 2.53. The van der Waals surface area contributed by atoms with E-state index in [1.54, 1.807) is 0 Å². The lowest BCUT2D eigenvalue weighted by Crippen LogP contribution is -1.77. The highest BCUT2D eigenvalue weighted by molar-refractivity contribution is 6.16. The summed E-state index contributed by atoms with van der Waals surface area (Å²) in [5, 5.41) is 67.1. The van der Waals surface area contributed by atoms with E-state index in [0.29, 0.717) is 0 Å². The van der Waals surface area contributed by atoms with Gasteiger partial charge < -0.3 is 40.7 Å². The number of hydrogen-bond donors (Lipinski definition) is 8. The van der Waals surface area contributed by atoms with Gasteiger partial charge in [-0.05, 0) is 6.07 Å². The predicted octanol–water partition coefficient (Wildman–Crippen LogP) is 1.26. The van der Waals surface area contributed by atoms with Gasteiger partial charge in [0.05, 0.1) is 16.4 Å². The Bertz CT molecular complexity index is 881. The van der Waals surface area contributed by atoms with Crippen LogP contribution >= 0.6 is 0 Å². The van der Waals surface area contributed by atoms with E-state index < -0.39 is 40.2 Å². The molecular formula is C12H9NO7. The molecule has 0 radical (unpaired) electrons. The largest absolute Gasteiger partial charge is 0.504 e. The Balaban J connectivity index is 2.67. The lowest BCUT2D eigenvalue weighted by molar-refractivity contribution is 0.350. The third kappa shape index (κ3) is 1.19. The van der Waals surface area contributed by atoms with Crippen molar-refractivity contribution < 1.29 is 35.7 Å². The highest BCUT2D eigenvalue weighted by atomic mass is 16.3. The Kier molecular flexibility index (Phi) is 2.05. The second-order valence-corrected chi connectivity index (χ2v) is 4.28. The number of aromatic amines is 1. The molecule has 3 aromatic rings. The summed E-state index contributed by atoms with van der Waals surface area (Å²) in [4.78, 5) is 2.49. The Morgan fingerprint density at radius 1 is 0.600 bits per heavy atom. The van der Waals surface area contributed by atoms with Gasteiger partial charge in [-0.2, -0.15) is 0 Å². The van der Waals surface area contributed by atoms with E-state index in [0.717, 1.165) is 6.07 Å². The minimum Gasteiger partial charge on any atom is -0.504 e. The Morgan fingerprint density at radius 3 is 1.80 bits per heavy atom. The maximum Gasteiger partial charge on any atom is 0.206 e. The van der Waals surface area contributed by atoms with Crippen LogP contribution in [0.4, 0.5) is 0 Å². The zero-order chi connectivity index (χ0) is 14.8. The van der Waals surface area contributed by atoms with Crippen molar-refractivity contribution in [2.24, 2.45) is 0 Å². The summed E-state index contributed by atoms with van der Waals surface area (Å²) in [6.45, 7) is 0. The third-order valence-corrected chi connectivity index (χ3v) is 3.17. The molecule has 2 aromatic carbocycles. The highest BCUT2D eigenvalue weighted by Gasteiger charge is 2.24. The molecule has 20 heavy (non-hydrogen) atoms. The van der Waals surface area contributed by atoms with Gasteiger partial charge in [0.1, 0.15) is 0 Å². The van der Waals surface area contributed by atoms with Crippen LogP contribution in [0.25, 0.3) is 21.8 Å². The molecule has 3 rings (SSSR count). The van der Waals surface area contributed by atoms with Gasteiger partial charge in [-0.1, -0.05) is 0 Å². The molecule has 1 heterocycles. The van der Waals surface area contributed by atoms with Crippen molar-refractivity contribution in [3.63, 3.8) is 0 Å². The van der Waals surface area contributed by atoms with Crippen molar-refractivity contribution in [2.45, 2.75) is 0 Å². The van der Waals surface area contributed by atoms with E-state index in [9.17, 15) is 35.7 Å². The van der Waals surface area contributed by atoms with E-state index in [1.807, 2.05) is 0 Å². The molecule has 0 bridgehead atoms. The second kappa shape index (κ2) is 3.44. The summed E-state index contributed by atoms with van der Waals surface area (Å²) in [5.41, 5.74) is -0.265. The number of rotatable bonds is 0. The molecular weight excluding hydrogens is 270 g/mol. The Hall–Kier alpha value is -3.16. The van der Waals surface area contributed by atoms with Crippen LogP contribution < -0.4 is 0 Å². The van der Waals surface area contributed by atoms with E-state index >= 15 is 0 Å². The van der Waals surface area contributed by atoms with Crippen molar-refractivity contribution in [2.75, 3.05) is 0 Å². The lowest BCUT2D eigenvalue weighted by atomic mass is 10.1. The van der Waals surface area contributed by atoms with Gasteiger partial charge in [0.25, 0.3) is 0 Å². The van der Waals surface area contributed by atoms with Gasteiger partial charge in [-0.25, -0.2) is 0 Å². The van der Waals surface area contributed by atoms with Crippen LogP contribution in [0, 0.1) is 0 Å². The number of fused-ring (bicyclic) bond motifs is 3. The molecule has 0 fully saturated rings. The van der Waals surface area contributed by atoms with Crippen molar-refractivity contribution >= 4 is 21.8 Å². The zero-order valence-corrected chi connectivity index (χ0v) is 9.71. The molecule has 0 amide bonds. The van der Waals surface area contributed by atoms with Gasteiger partial charge in [0.15, 0.2) is 23.0 Å². The molecule has 0 saturated carbocycles. The van der Waals surface area contributed by atoms with Crippen LogP contribution in [0.15, 0.2) is 6.07 Å². The third-order valence-electron chi connectivity index (χ3n) is 3.17. The molecule has 8 heteroatoms. The first-order valence-electron chi connectivity index (χ1n) is 5.39. The van der Waals surface area contributed by atoms with E-state index in [2.05, 4.69) is 4.98 Å². The summed E-state index contributed by atoms with van der Waals surface area (Å²) in [6, 6.07) is 1.03. The fraction of sp³-hybridized carbons (Fsp3) is 0. The molecule has 0 saturated heterocycles. The van der Waals surface area contributed by atoms with Crippen LogP contribution in [0.3, 0.4) is 0 Å². The molecule has 1 aromatic heterocycles. The minimum absolute atomic E-state index is 0.0379. The molecule has 0 aliphatic rings. The molecule has 0 atom stereocenters. The smallest absolute Gasteiger partial charge is 0.206 e. The lowest BCUT2D eigenvalue weighted by Gasteiger charge is -2.05. The van der Waals surface area contributed by atoms with Gasteiger partial charge in [0.2, 0.25) is 17.2 Å². The predicted molar refractivity (Wildman–Crippen MR) is 67.5 cm³/mol. The molecule has 0 unspecified atom stereocenters. The maximum atomic E-state index is 9.83. The summed E-state index contributed by atoms with van der Waals surface area (Å²) < 4.78 is 0. The number of hydrogen-bond acceptors (Lipinski definition) is 7. The minimum atomic E-state index is -0.942. The van der Waals surface area contributed by atoms with Gasteiger partial charge in [0, 0.05) is 5.39 Å². The quantitative estimate of drug-likeness (QED) is 0.227. The number of phenols is 7. The van der Waals surface area contributed by atoms with Crippen LogP contribution in [-0.2, 0) is 0 Å². The monoisotopic (exact) mass is 279 g/mol. The van der Waals surface area contributed by atoms with Crippen LogP contribution in [0.5, 0.6) is 40.2 Å². The number of H-pyrrole nitrogens is 1. The van der Waals surface area contributed by atoms with Crippen LogP contribution in [0.1, 0.15) is 0 Å². The Labute approximate surface area is 110 Å². The molecule has 8 N–H and O–H groups in total. The SMILES string of the molecule is Oc1cc2c([nH]c3c(O)c(O)c(O)c(O)c32)c(O)c1O. The first kappa shape index (κ1) is 11.9. The van der Waals surface area contributed by atoms with Crippen LogP contribution in [0.2, 0.25) is 0 Å². The van der Waals surface area contributed by atoms with Crippen molar-refractivity contribution in [1.82, 2.24) is 4.98 Å². The molecule has 0 aliphatic carbocycles. The zero-order valence-electron chi connectivity index (χ0n) is 9.71. The average Bonchev–Trinajstić information content (AvgIpc) is 2.80. The van der Waals surface area contributed by atoms with Gasteiger partial charge >= 0.3 is 0 Å². The molecule has 0 spiro atoms. The number of benzene rings is 2. The molecule has 104 valence electrons. The van der Waals surface area contributed by atoms with Crippen LogP contribution in [-0.4, -0.2) is 40.7 Å². The maximum absolute atomic E-state index is 9.83. The summed E-state index contributed by atoms with van der Waals surface area (Å²) in [5.74, 6) is -5.50. The van der Waals surface area contributed by atoms with Gasteiger partial charge in [-0.15, -0.1) is 0 Å². The Morgan fingerprint density at radius 2 is 1.15 bits per heavy atom. The topological polar surface area (TPSA) is 157 Å². The van der Waals surface area contributed by atoms with Crippen molar-refractivity contribution in [3.05, 3.63) is 6.07 Å². The first-order valence-corrected chi connectivity index (χ1v) is 5.39. The number of aromatic hydroxyl groups is 7. The van der Waals surface area contributed by atoms with Gasteiger partial charge in [-0.3, -0.25) is 0 Å². The van der Waals surface area contributed by atoms with E-state index in [1.165, 1.54) is 0 Å². The summed E-state index contributed by atoms with van der Waals surface area (Å²) in [7, 11) is 0. The summed E-state index contributed by atoms with van der Waals surface area (Å²) >= 11 is 0. The fourth-order valence-corrected chi connectivity index (χ4v) is 2.18. The summed E-state index contributed by atoms with van der Waals surface area (Å²) in [6.07, 6.45) is 0. The first-order chi connectivity index (χ1) is 9.34. The average molecular weight is 279 g/mol. The van der Waals surface area contributed by atoms with Crippen molar-refractivity contribution in [1.29, 1.82) is 0 Å². The van der Waals surface area contributed by atoms with E-state index in [4.69, 9.17) is 0 Å². The van der Waals surface area contributed by atoms with Crippen molar-refractivity contribution in [3.8, 4) is 40.2 Å². The molecule has 8 nitrogen and oxygen atoms in total. The standard InChI is InChI=1S/C12H9NO7/c14-3-1-2-4-6(13-5(2)9(17)7(3)15)10(18)12(20)11(19)8(4)16/h1,13-20H. The second-order valence-electron chi connectivity index (χ2n) is 4.28. The molecule has 0 aliphatic heterocycles. The number of nitrogens with one attached hydrogen (secondary N) is 1. The fourth-order valence-electron chi connectivity index (χ4n) is 2.18.